The Morgan fingerprint density at radius 1 is 1.20 bits per heavy atom. The standard InChI is InChI=1S/C11H10Cl2N2/c1-5-6(2)15-11-7(10(5)14)3-4-8(12)9(11)13/h3-4H,1-2H3,(H2,14,15). The maximum Gasteiger partial charge on any atom is 0.0927 e. The quantitative estimate of drug-likeness (QED) is 0.762. The van der Waals surface area contributed by atoms with E-state index in [0.29, 0.717) is 15.6 Å². The van der Waals surface area contributed by atoms with Crippen molar-refractivity contribution in [2.24, 2.45) is 0 Å². The van der Waals surface area contributed by atoms with E-state index in [1.165, 1.54) is 0 Å². The van der Waals surface area contributed by atoms with E-state index in [4.69, 9.17) is 28.9 Å². The zero-order valence-electron chi connectivity index (χ0n) is 8.44. The van der Waals surface area contributed by atoms with Crippen LogP contribution in [-0.2, 0) is 0 Å². The molecule has 1 aromatic carbocycles. The number of nitrogens with two attached hydrogens (primary N) is 1. The second-order valence-corrected chi connectivity index (χ2v) is 4.28. The summed E-state index contributed by atoms with van der Waals surface area (Å²) in [6.45, 7) is 3.85. The number of anilines is 1. The van der Waals surface area contributed by atoms with E-state index >= 15 is 0 Å². The van der Waals surface area contributed by atoms with Gasteiger partial charge >= 0.3 is 0 Å². The molecule has 0 spiro atoms. The lowest BCUT2D eigenvalue weighted by molar-refractivity contribution is 1.20. The molecule has 2 rings (SSSR count). The topological polar surface area (TPSA) is 38.9 Å². The Morgan fingerprint density at radius 2 is 1.87 bits per heavy atom. The van der Waals surface area contributed by atoms with Gasteiger partial charge in [0.25, 0.3) is 0 Å². The van der Waals surface area contributed by atoms with Gasteiger partial charge in [-0.25, -0.2) is 0 Å². The number of rotatable bonds is 0. The van der Waals surface area contributed by atoms with E-state index in [1.807, 2.05) is 19.9 Å². The molecule has 0 unspecified atom stereocenters. The summed E-state index contributed by atoms with van der Waals surface area (Å²) in [4.78, 5) is 4.40. The Hall–Kier alpha value is -0.990. The molecule has 4 heteroatoms. The average Bonchev–Trinajstić information content (AvgIpc) is 2.21. The molecule has 2 nitrogen and oxygen atoms in total. The van der Waals surface area contributed by atoms with Crippen LogP contribution in [0.25, 0.3) is 10.9 Å². The lowest BCUT2D eigenvalue weighted by Crippen LogP contribution is -1.97. The summed E-state index contributed by atoms with van der Waals surface area (Å²) in [5, 5.41) is 1.82. The predicted octanol–water partition coefficient (Wildman–Crippen LogP) is 3.74. The van der Waals surface area contributed by atoms with Crippen LogP contribution < -0.4 is 5.73 Å². The fourth-order valence-electron chi connectivity index (χ4n) is 1.52. The highest BCUT2D eigenvalue weighted by Crippen LogP contribution is 2.33. The zero-order chi connectivity index (χ0) is 11.2. The summed E-state index contributed by atoms with van der Waals surface area (Å²) in [6.07, 6.45) is 0. The Morgan fingerprint density at radius 3 is 2.53 bits per heavy atom. The molecule has 0 atom stereocenters. The third kappa shape index (κ3) is 1.54. The van der Waals surface area contributed by atoms with Crippen molar-refractivity contribution in [3.8, 4) is 0 Å². The third-order valence-corrected chi connectivity index (χ3v) is 3.38. The molecule has 2 N–H and O–H groups in total. The van der Waals surface area contributed by atoms with Gasteiger partial charge in [-0.1, -0.05) is 23.2 Å². The smallest absolute Gasteiger partial charge is 0.0927 e. The van der Waals surface area contributed by atoms with E-state index in [1.54, 1.807) is 6.07 Å². The molecular weight excluding hydrogens is 231 g/mol. The number of pyridine rings is 1. The Balaban J connectivity index is 2.98. The van der Waals surface area contributed by atoms with Crippen molar-refractivity contribution in [3.05, 3.63) is 33.4 Å². The van der Waals surface area contributed by atoms with Gasteiger partial charge in [-0.05, 0) is 31.5 Å². The minimum atomic E-state index is 0.462. The first-order valence-electron chi connectivity index (χ1n) is 4.52. The van der Waals surface area contributed by atoms with Gasteiger partial charge < -0.3 is 5.73 Å². The number of hydrogen-bond acceptors (Lipinski definition) is 2. The fourth-order valence-corrected chi connectivity index (χ4v) is 1.87. The van der Waals surface area contributed by atoms with Gasteiger partial charge in [-0.3, -0.25) is 4.98 Å². The van der Waals surface area contributed by atoms with Gasteiger partial charge in [0.1, 0.15) is 0 Å². The van der Waals surface area contributed by atoms with Crippen molar-refractivity contribution >= 4 is 39.8 Å². The van der Waals surface area contributed by atoms with Crippen molar-refractivity contribution in [2.75, 3.05) is 5.73 Å². The molecule has 0 aliphatic heterocycles. The van der Waals surface area contributed by atoms with Crippen LogP contribution in [0.2, 0.25) is 10.0 Å². The van der Waals surface area contributed by atoms with Crippen molar-refractivity contribution < 1.29 is 0 Å². The van der Waals surface area contributed by atoms with E-state index in [-0.39, 0.29) is 0 Å². The van der Waals surface area contributed by atoms with Crippen LogP contribution in [0, 0.1) is 13.8 Å². The maximum atomic E-state index is 6.07. The minimum Gasteiger partial charge on any atom is -0.398 e. The summed E-state index contributed by atoms with van der Waals surface area (Å²) in [5.41, 5.74) is 9.25. The van der Waals surface area contributed by atoms with Gasteiger partial charge in [0, 0.05) is 16.8 Å². The molecule has 78 valence electrons. The lowest BCUT2D eigenvalue weighted by atomic mass is 10.1. The van der Waals surface area contributed by atoms with Crippen LogP contribution in [0.3, 0.4) is 0 Å². The van der Waals surface area contributed by atoms with Gasteiger partial charge in [0.2, 0.25) is 0 Å². The second-order valence-electron chi connectivity index (χ2n) is 3.49. The molecule has 0 amide bonds. The lowest BCUT2D eigenvalue weighted by Gasteiger charge is -2.09. The molecule has 0 fully saturated rings. The van der Waals surface area contributed by atoms with Crippen molar-refractivity contribution in [2.45, 2.75) is 13.8 Å². The summed E-state index contributed by atoms with van der Waals surface area (Å²) < 4.78 is 0. The zero-order valence-corrected chi connectivity index (χ0v) is 9.95. The van der Waals surface area contributed by atoms with E-state index in [2.05, 4.69) is 4.98 Å². The molecule has 1 heterocycles. The number of fused-ring (bicyclic) bond motifs is 1. The second kappa shape index (κ2) is 3.54. The van der Waals surface area contributed by atoms with Gasteiger partial charge in [-0.2, -0.15) is 0 Å². The number of nitrogens with zero attached hydrogens (tertiary/aromatic N) is 1. The molecule has 0 saturated heterocycles. The SMILES string of the molecule is Cc1nc2c(Cl)c(Cl)ccc2c(N)c1C. The Labute approximate surface area is 98.0 Å². The monoisotopic (exact) mass is 240 g/mol. The molecule has 15 heavy (non-hydrogen) atoms. The van der Waals surface area contributed by atoms with Crippen LogP contribution >= 0.6 is 23.2 Å². The molecule has 0 saturated carbocycles. The average molecular weight is 241 g/mol. The van der Waals surface area contributed by atoms with E-state index in [0.717, 1.165) is 22.3 Å². The van der Waals surface area contributed by atoms with Crippen molar-refractivity contribution in [1.82, 2.24) is 4.98 Å². The van der Waals surface area contributed by atoms with Crippen molar-refractivity contribution in [3.63, 3.8) is 0 Å². The number of halogens is 2. The van der Waals surface area contributed by atoms with Gasteiger partial charge in [0.15, 0.2) is 0 Å². The van der Waals surface area contributed by atoms with Crippen LogP contribution in [0.1, 0.15) is 11.3 Å². The number of aryl methyl sites for hydroxylation is 1. The molecule has 0 aliphatic rings. The Kier molecular flexibility index (Phi) is 2.49. The fraction of sp³-hybridized carbons (Fsp3) is 0.182. The van der Waals surface area contributed by atoms with Gasteiger partial charge in [-0.15, -0.1) is 0 Å². The maximum absolute atomic E-state index is 6.07. The molecule has 0 aliphatic carbocycles. The summed E-state index contributed by atoms with van der Waals surface area (Å²) in [5.74, 6) is 0. The third-order valence-electron chi connectivity index (χ3n) is 2.59. The highest BCUT2D eigenvalue weighted by atomic mass is 35.5. The first kappa shape index (κ1) is 10.5. The van der Waals surface area contributed by atoms with Crippen molar-refractivity contribution in [1.29, 1.82) is 0 Å². The Bertz CT molecular complexity index is 550. The summed E-state index contributed by atoms with van der Waals surface area (Å²) in [6, 6.07) is 3.58. The normalized spacial score (nSPS) is 10.9. The molecule has 1 aromatic heterocycles. The molecule has 0 bridgehead atoms. The van der Waals surface area contributed by atoms with Crippen LogP contribution in [0.5, 0.6) is 0 Å². The predicted molar refractivity (Wildman–Crippen MR) is 65.6 cm³/mol. The summed E-state index contributed by atoms with van der Waals surface area (Å²) >= 11 is 12.0. The molecular formula is C11H10Cl2N2. The highest BCUT2D eigenvalue weighted by Gasteiger charge is 2.11. The van der Waals surface area contributed by atoms with Gasteiger partial charge in [0.05, 0.1) is 15.6 Å². The minimum absolute atomic E-state index is 0.462. The van der Waals surface area contributed by atoms with Crippen LogP contribution in [0.4, 0.5) is 5.69 Å². The highest BCUT2D eigenvalue weighted by molar-refractivity contribution is 6.45. The van der Waals surface area contributed by atoms with Crippen LogP contribution in [-0.4, -0.2) is 4.98 Å². The van der Waals surface area contributed by atoms with Crippen LogP contribution in [0.15, 0.2) is 12.1 Å². The van der Waals surface area contributed by atoms with E-state index < -0.39 is 0 Å². The number of nitrogen functional groups attached to an aromatic ring is 1. The number of hydrogen-bond donors (Lipinski definition) is 1. The molecule has 2 aromatic rings. The number of benzene rings is 1. The van der Waals surface area contributed by atoms with E-state index in [9.17, 15) is 0 Å². The first-order chi connectivity index (χ1) is 7.02. The summed E-state index contributed by atoms with van der Waals surface area (Å²) in [7, 11) is 0. The first-order valence-corrected chi connectivity index (χ1v) is 5.28. The molecule has 0 radical (unpaired) electrons. The largest absolute Gasteiger partial charge is 0.398 e. The number of aromatic nitrogens is 1.